The van der Waals surface area contributed by atoms with E-state index in [0.29, 0.717) is 10.9 Å². The molecule has 172 valence electrons. The van der Waals surface area contributed by atoms with Gasteiger partial charge in [-0.3, -0.25) is 0 Å². The van der Waals surface area contributed by atoms with E-state index in [4.69, 9.17) is 9.47 Å². The highest BCUT2D eigenvalue weighted by molar-refractivity contribution is 8.00. The minimum absolute atomic E-state index is 0. The summed E-state index contributed by atoms with van der Waals surface area (Å²) < 4.78 is 12.3. The monoisotopic (exact) mass is 488 g/mol. The molecule has 8 heterocycles. The Labute approximate surface area is 196 Å². The molecule has 8 rings (SSSR count). The second kappa shape index (κ2) is 10.3. The maximum absolute atomic E-state index is 6.14. The third-order valence-electron chi connectivity index (χ3n) is 7.57. The average Bonchev–Trinajstić information content (AvgIpc) is 3.20. The zero-order valence-electron chi connectivity index (χ0n) is 17.6. The van der Waals surface area contributed by atoms with E-state index in [9.17, 15) is 0 Å². The molecule has 0 saturated carbocycles. The van der Waals surface area contributed by atoms with E-state index in [0.717, 1.165) is 11.8 Å². The van der Waals surface area contributed by atoms with Crippen molar-refractivity contribution in [2.75, 3.05) is 50.8 Å². The predicted octanol–water partition coefficient (Wildman–Crippen LogP) is 3.14. The van der Waals surface area contributed by atoms with Gasteiger partial charge in [-0.2, -0.15) is 0 Å². The first-order chi connectivity index (χ1) is 12.6. The molecule has 0 aromatic heterocycles. The van der Waals surface area contributed by atoms with Gasteiger partial charge in [0, 0.05) is 24.6 Å². The van der Waals surface area contributed by atoms with Gasteiger partial charge in [0.25, 0.3) is 0 Å². The first-order valence-electron chi connectivity index (χ1n) is 10.6. The second-order valence-electron chi connectivity index (χ2n) is 9.22. The number of nitrogens with zero attached hydrogens (tertiary/aromatic N) is 2. The van der Waals surface area contributed by atoms with Crippen LogP contribution >= 0.6 is 48.3 Å². The van der Waals surface area contributed by atoms with Gasteiger partial charge >= 0.3 is 0 Å². The molecule has 8 aliphatic heterocycles. The minimum atomic E-state index is 0. The summed E-state index contributed by atoms with van der Waals surface area (Å²) in [5.41, 5.74) is 1.36. The van der Waals surface area contributed by atoms with Gasteiger partial charge in [-0.15, -0.1) is 48.3 Å². The Morgan fingerprint density at radius 3 is 1.24 bits per heavy atom. The molecule has 2 unspecified atom stereocenters. The second-order valence-corrected chi connectivity index (χ2v) is 11.8. The number of hydrogen-bond acceptors (Lipinski definition) is 6. The number of hydrogen-bond donors (Lipinski definition) is 0. The normalized spacial score (nSPS) is 49.0. The van der Waals surface area contributed by atoms with Crippen LogP contribution in [-0.4, -0.2) is 88.1 Å². The molecule has 0 radical (unpaired) electrons. The summed E-state index contributed by atoms with van der Waals surface area (Å²) in [6, 6.07) is 0. The first kappa shape index (κ1) is 26.3. The summed E-state index contributed by atoms with van der Waals surface area (Å²) in [5, 5.41) is 0. The third kappa shape index (κ3) is 5.03. The van der Waals surface area contributed by atoms with Gasteiger partial charge in [0.1, 0.15) is 10.9 Å². The molecule has 0 amide bonds. The number of piperidine rings is 6. The van der Waals surface area contributed by atoms with Crippen molar-refractivity contribution in [1.82, 2.24) is 9.80 Å². The third-order valence-corrected chi connectivity index (χ3v) is 10.0. The van der Waals surface area contributed by atoms with Crippen LogP contribution in [0.15, 0.2) is 0 Å². The van der Waals surface area contributed by atoms with Crippen LogP contribution in [0.4, 0.5) is 0 Å². The van der Waals surface area contributed by atoms with Gasteiger partial charge in [-0.1, -0.05) is 0 Å². The number of halogens is 2. The van der Waals surface area contributed by atoms with Crippen LogP contribution in [-0.2, 0) is 9.47 Å². The molecule has 29 heavy (non-hydrogen) atoms. The molecular weight excluding hydrogens is 451 g/mol. The van der Waals surface area contributed by atoms with E-state index in [1.807, 2.05) is 23.5 Å². The van der Waals surface area contributed by atoms with Crippen molar-refractivity contribution in [3.63, 3.8) is 0 Å². The van der Waals surface area contributed by atoms with Crippen LogP contribution in [0, 0.1) is 11.8 Å². The Bertz CT molecular complexity index is 490. The lowest BCUT2D eigenvalue weighted by atomic mass is 9.76. The van der Waals surface area contributed by atoms with Crippen LogP contribution in [0.3, 0.4) is 0 Å². The quantitative estimate of drug-likeness (QED) is 0.521. The van der Waals surface area contributed by atoms with Crippen molar-refractivity contribution in [3.05, 3.63) is 0 Å². The molecule has 2 N–H and O–H groups in total. The van der Waals surface area contributed by atoms with Crippen molar-refractivity contribution in [1.29, 1.82) is 0 Å². The molecule has 4 bridgehead atoms. The fourth-order valence-electron chi connectivity index (χ4n) is 6.16. The molecule has 5 nitrogen and oxygen atoms in total. The van der Waals surface area contributed by atoms with E-state index in [2.05, 4.69) is 23.6 Å². The summed E-state index contributed by atoms with van der Waals surface area (Å²) in [6.45, 7) is 12.0. The fraction of sp³-hybridized carbons (Fsp3) is 1.00. The molecule has 0 aromatic rings. The number of rotatable bonds is 0. The maximum atomic E-state index is 6.14. The van der Waals surface area contributed by atoms with Gasteiger partial charge in [0.15, 0.2) is 0 Å². The van der Waals surface area contributed by atoms with E-state index in [-0.39, 0.29) is 41.5 Å². The molecule has 8 fully saturated rings. The van der Waals surface area contributed by atoms with E-state index >= 15 is 0 Å². The SMILES string of the molecule is CC1O[C@@]2(CS1)CN1CCC2CC1.CC1O[C@@]2(CS1)CN1CCC2CC1.Cl.Cl.O. The lowest BCUT2D eigenvalue weighted by molar-refractivity contribution is -0.133. The summed E-state index contributed by atoms with van der Waals surface area (Å²) in [5.74, 6) is 4.18. The zero-order chi connectivity index (χ0) is 17.8. The fourth-order valence-corrected chi connectivity index (χ4v) is 8.50. The standard InChI is InChI=1S/2C10H17NOS.2ClH.H2O/c2*1-8-12-10(7-13-8)6-11-4-2-9(10)3-5-11;;;/h2*8-9H,2-7H2,1H3;2*1H;1H2/t2*8?,10-;;;/m11.../s1. The summed E-state index contributed by atoms with van der Waals surface area (Å²) >= 11 is 3.99. The Hall–Kier alpha value is 1.08. The summed E-state index contributed by atoms with van der Waals surface area (Å²) in [7, 11) is 0. The molecule has 8 saturated heterocycles. The zero-order valence-corrected chi connectivity index (χ0v) is 20.9. The van der Waals surface area contributed by atoms with Crippen molar-refractivity contribution in [3.8, 4) is 0 Å². The Morgan fingerprint density at radius 2 is 1.03 bits per heavy atom. The molecule has 4 atom stereocenters. The lowest BCUT2D eigenvalue weighted by Crippen LogP contribution is -2.60. The average molecular weight is 490 g/mol. The molecule has 0 aliphatic carbocycles. The lowest BCUT2D eigenvalue weighted by Gasteiger charge is -2.50. The minimum Gasteiger partial charge on any atom is -0.412 e. The van der Waals surface area contributed by atoms with Gasteiger partial charge in [-0.25, -0.2) is 0 Å². The van der Waals surface area contributed by atoms with E-state index in [1.165, 1.54) is 76.5 Å². The van der Waals surface area contributed by atoms with Gasteiger partial charge in [0.05, 0.1) is 11.2 Å². The van der Waals surface area contributed by atoms with Crippen molar-refractivity contribution >= 4 is 48.3 Å². The smallest absolute Gasteiger partial charge is 0.101 e. The van der Waals surface area contributed by atoms with Crippen LogP contribution in [0.5, 0.6) is 0 Å². The highest BCUT2D eigenvalue weighted by Gasteiger charge is 2.52. The predicted molar refractivity (Wildman–Crippen MR) is 128 cm³/mol. The van der Waals surface area contributed by atoms with Gasteiger partial charge in [-0.05, 0) is 77.5 Å². The summed E-state index contributed by atoms with van der Waals surface area (Å²) in [4.78, 5) is 5.16. The van der Waals surface area contributed by atoms with Crippen LogP contribution < -0.4 is 0 Å². The summed E-state index contributed by atoms with van der Waals surface area (Å²) in [6.07, 6.45) is 5.47. The molecular formula is C20H38Cl2N2O3S2. The Kier molecular flexibility index (Phi) is 9.39. The van der Waals surface area contributed by atoms with E-state index in [1.54, 1.807) is 0 Å². The highest BCUT2D eigenvalue weighted by Crippen LogP contribution is 2.47. The first-order valence-corrected chi connectivity index (χ1v) is 12.7. The number of ether oxygens (including phenoxy) is 2. The van der Waals surface area contributed by atoms with Crippen LogP contribution in [0.2, 0.25) is 0 Å². The molecule has 8 aliphatic rings. The van der Waals surface area contributed by atoms with E-state index < -0.39 is 0 Å². The number of thioether (sulfide) groups is 2. The molecule has 0 aromatic carbocycles. The number of fused-ring (bicyclic) bond motifs is 4. The Balaban J connectivity index is 0.000000187. The van der Waals surface area contributed by atoms with Gasteiger partial charge < -0.3 is 24.7 Å². The molecule has 2 spiro atoms. The molecule has 9 heteroatoms. The Morgan fingerprint density at radius 1 is 0.690 bits per heavy atom. The van der Waals surface area contributed by atoms with Crippen molar-refractivity contribution in [2.24, 2.45) is 11.8 Å². The van der Waals surface area contributed by atoms with Gasteiger partial charge in [0.2, 0.25) is 0 Å². The largest absolute Gasteiger partial charge is 0.412 e. The maximum Gasteiger partial charge on any atom is 0.101 e. The highest BCUT2D eigenvalue weighted by atomic mass is 35.5. The van der Waals surface area contributed by atoms with Crippen LogP contribution in [0.25, 0.3) is 0 Å². The topological polar surface area (TPSA) is 56.4 Å². The van der Waals surface area contributed by atoms with Crippen molar-refractivity contribution < 1.29 is 14.9 Å². The van der Waals surface area contributed by atoms with Crippen LogP contribution in [0.1, 0.15) is 39.5 Å². The van der Waals surface area contributed by atoms with Crippen molar-refractivity contribution in [2.45, 2.75) is 61.6 Å².